The van der Waals surface area contributed by atoms with Crippen molar-refractivity contribution in [3.63, 3.8) is 0 Å². The number of carbonyl (C=O) groups is 5. The molecule has 4 atom stereocenters. The Labute approximate surface area is 777 Å². The zero-order chi connectivity index (χ0) is 93.1. The number of nitrogens with zero attached hydrogens (tertiary/aromatic N) is 14. The second-order valence-corrected chi connectivity index (χ2v) is 33.1. The lowest BCUT2D eigenvalue weighted by Crippen LogP contribution is -2.37. The Bertz CT molecular complexity index is 7600. The molecule has 11 heterocycles. The highest BCUT2D eigenvalue weighted by Gasteiger charge is 2.31. The molecular weight excluding hydrogens is 1810 g/mol. The summed E-state index contributed by atoms with van der Waals surface area (Å²) in [4.78, 5) is 142. The minimum absolute atomic E-state index is 0. The molecule has 11 aromatic heterocycles. The molecule has 33 heteroatoms. The van der Waals surface area contributed by atoms with Gasteiger partial charge in [0.05, 0.1) is 89.2 Å². The fourth-order valence-corrected chi connectivity index (χ4v) is 17.4. The van der Waals surface area contributed by atoms with Gasteiger partial charge in [-0.05, 0) is 198 Å². The molecule has 0 aliphatic heterocycles. The Balaban J connectivity index is 0.000000141. The van der Waals surface area contributed by atoms with E-state index in [4.69, 9.17) is 39.2 Å². The van der Waals surface area contributed by atoms with E-state index in [1.165, 1.54) is 20.1 Å². The number of halogens is 5. The summed E-state index contributed by atoms with van der Waals surface area (Å²) in [5.74, 6) is -1.79. The lowest BCUT2D eigenvalue weighted by atomic mass is 10.1. The van der Waals surface area contributed by atoms with Gasteiger partial charge in [-0.2, -0.15) is 10.2 Å². The predicted molar refractivity (Wildman–Crippen MR) is 514 cm³/mol. The normalized spacial score (nSPS) is 12.1. The minimum Gasteiger partial charge on any atom is -0.459 e. The standard InChI is InChI=1S/C26H20ClN3O3.C25H20FN5O2.C24H20BrClN4O2.C23H23ClN6O3.CH4/c1-15(29-25(31)22-16(2)33-21-12-7-13-28-24(21)22)20-14-17-8-6-11-19(27)23(17)26(32)30(20)18-9-4-3-5-10-18;1-15(28-24(32)21-16(2)29-30-13-7-12-27-23(21)30)20-14-17-8-6-11-19(26)22(17)25(33)31(20)18-9-4-3-5-10-18;1-13-12-27-21(14(2)28-13)23(31)29-15(3)22-20(25)17-10-7-11-18(26)19(17)24(32)30(22)16-8-5-4-6-9-16;1-13(26-22(32)19-14(2)27-30-10-6-9-25-21(19)30)17-11-15-7-5-8-16(24)20(15)23(33)29(17)12-18(31)28(3)4;/h3-15H,1-2H3,(H,29,31);3-15H,1-2H3,(H,28,32);4-12,15H,1-3H3,(H,29,31);5-11,13H,12H2,1-4H3,(H,26,32);1H4/t3*15-;13-;/m0000./s1. The second kappa shape index (κ2) is 39.5. The van der Waals surface area contributed by atoms with Gasteiger partial charge in [0.1, 0.15) is 46.0 Å². The number of fused-ring (bicyclic) bond motifs is 7. The highest BCUT2D eigenvalue weighted by molar-refractivity contribution is 9.10. The van der Waals surface area contributed by atoms with Crippen LogP contribution in [0.2, 0.25) is 15.1 Å². The summed E-state index contributed by atoms with van der Waals surface area (Å²) in [6, 6.07) is 58.0. The van der Waals surface area contributed by atoms with Crippen LogP contribution in [-0.2, 0) is 11.3 Å². The van der Waals surface area contributed by atoms with Gasteiger partial charge in [-0.3, -0.25) is 66.8 Å². The Kier molecular flexibility index (Phi) is 27.9. The maximum Gasteiger partial charge on any atom is 0.272 e. The Hall–Kier alpha value is -15.0. The molecule has 0 radical (unpaired) electrons. The molecule has 0 saturated carbocycles. The SMILES string of the molecule is C.Cc1cnc(C(=O)N[C@@H](C)c2c(Br)c3cccc(Cl)c3c(=O)n2-c2ccccc2)c(C)n1.Cc1nn2cccnc2c1C(=O)N[C@@H](C)c1cc2cccc(Cl)c2c(=O)n1CC(=O)N(C)C.Cc1nn2cccnc2c1C(=O)N[C@@H](C)c1cc2cccc(F)c2c(=O)n1-c1ccccc1.Cc1oc2cccnc2c1C(=O)N[C@@H](C)c1cc2cccc(Cl)c2c(=O)n1-c1ccccc1. The molecule has 0 aliphatic rings. The topological polar surface area (TPSA) is 337 Å². The van der Waals surface area contributed by atoms with E-state index in [1.54, 1.807) is 226 Å². The molecule has 4 N–H and O–H groups in total. The number of hydrogen-bond donors (Lipinski definition) is 4. The van der Waals surface area contributed by atoms with E-state index >= 15 is 0 Å². The summed E-state index contributed by atoms with van der Waals surface area (Å²) < 4.78 is 30.0. The Morgan fingerprint density at radius 2 is 0.894 bits per heavy atom. The van der Waals surface area contributed by atoms with E-state index in [-0.39, 0.29) is 65.7 Å². The monoisotopic (exact) mass is 1890 g/mol. The zero-order valence-corrected chi connectivity index (χ0v) is 76.2. The number of hydrogen-bond acceptors (Lipinski definition) is 17. The summed E-state index contributed by atoms with van der Waals surface area (Å²) in [5, 5.41) is 25.3. The van der Waals surface area contributed by atoms with Gasteiger partial charge in [0, 0.05) is 95.3 Å². The van der Waals surface area contributed by atoms with Crippen LogP contribution in [0.1, 0.15) is 152 Å². The molecule has 18 aromatic rings. The van der Waals surface area contributed by atoms with E-state index in [2.05, 4.69) is 72.3 Å². The lowest BCUT2D eigenvalue weighted by molar-refractivity contribution is -0.129. The van der Waals surface area contributed by atoms with E-state index in [1.807, 2.05) is 106 Å². The van der Waals surface area contributed by atoms with Crippen molar-refractivity contribution < 1.29 is 32.8 Å². The molecule has 668 valence electrons. The van der Waals surface area contributed by atoms with Crippen LogP contribution in [-0.4, -0.2) is 111 Å². The molecule has 7 aromatic carbocycles. The molecule has 0 unspecified atom stereocenters. The maximum atomic E-state index is 14.6. The first-order chi connectivity index (χ1) is 62.9. The largest absolute Gasteiger partial charge is 0.459 e. The minimum atomic E-state index is -0.596. The van der Waals surface area contributed by atoms with Crippen molar-refractivity contribution in [2.24, 2.45) is 0 Å². The van der Waals surface area contributed by atoms with Gasteiger partial charge in [-0.15, -0.1) is 0 Å². The third-order valence-electron chi connectivity index (χ3n) is 22.0. The maximum absolute atomic E-state index is 14.6. The highest BCUT2D eigenvalue weighted by atomic mass is 79.9. The molecule has 28 nitrogen and oxygen atoms in total. The Morgan fingerprint density at radius 3 is 1.41 bits per heavy atom. The van der Waals surface area contributed by atoms with Crippen LogP contribution in [0.15, 0.2) is 272 Å². The lowest BCUT2D eigenvalue weighted by Gasteiger charge is -2.23. The molecule has 0 saturated heterocycles. The van der Waals surface area contributed by atoms with Crippen LogP contribution in [0.4, 0.5) is 4.39 Å². The predicted octanol–water partition coefficient (Wildman–Crippen LogP) is 18.1. The third-order valence-corrected chi connectivity index (χ3v) is 23.8. The van der Waals surface area contributed by atoms with E-state index in [0.29, 0.717) is 159 Å². The van der Waals surface area contributed by atoms with Gasteiger partial charge < -0.3 is 35.2 Å². The average Bonchev–Trinajstić information content (AvgIpc) is 0.794. The molecule has 0 spiro atoms. The number of rotatable bonds is 17. The van der Waals surface area contributed by atoms with E-state index in [9.17, 15) is 47.5 Å². The molecule has 5 amide bonds. The summed E-state index contributed by atoms with van der Waals surface area (Å²) in [7, 11) is 3.24. The first-order valence-corrected chi connectivity index (χ1v) is 43.2. The molecule has 0 fully saturated rings. The number of pyridine rings is 5. The van der Waals surface area contributed by atoms with Crippen molar-refractivity contribution in [1.29, 1.82) is 0 Å². The number of likely N-dealkylation sites (N-methyl/N-ethyl adjacent to an activating group) is 1. The number of furan rings is 1. The quantitative estimate of drug-likeness (QED) is 0.0658. The van der Waals surface area contributed by atoms with Crippen LogP contribution in [0.3, 0.4) is 0 Å². The Morgan fingerprint density at radius 1 is 0.462 bits per heavy atom. The summed E-state index contributed by atoms with van der Waals surface area (Å²) >= 11 is 22.7. The first kappa shape index (κ1) is 93.2. The molecule has 132 heavy (non-hydrogen) atoms. The number of aryl methyl sites for hydroxylation is 5. The summed E-state index contributed by atoms with van der Waals surface area (Å²) in [6.07, 6.45) is 9.81. The molecule has 18 rings (SSSR count). The van der Waals surface area contributed by atoms with Crippen molar-refractivity contribution in [1.82, 2.24) is 88.6 Å². The number of amides is 5. The van der Waals surface area contributed by atoms with Crippen molar-refractivity contribution in [3.8, 4) is 17.1 Å². The number of carbonyl (C=O) groups excluding carboxylic acids is 5. The number of nitrogens with one attached hydrogen (secondary N) is 4. The van der Waals surface area contributed by atoms with E-state index in [0.717, 1.165) is 5.69 Å². The number of para-hydroxylation sites is 3. The van der Waals surface area contributed by atoms with Crippen LogP contribution in [0.25, 0.3) is 82.5 Å². The van der Waals surface area contributed by atoms with Gasteiger partial charge in [-0.1, -0.05) is 145 Å². The third kappa shape index (κ3) is 18.7. The van der Waals surface area contributed by atoms with Gasteiger partial charge in [-0.25, -0.2) is 28.4 Å². The number of benzene rings is 7. The first-order valence-electron chi connectivity index (χ1n) is 41.3. The fraction of sp³-hybridized carbons (Fsp3) is 0.172. The summed E-state index contributed by atoms with van der Waals surface area (Å²) in [6.45, 7) is 15.8. The van der Waals surface area contributed by atoms with Gasteiger partial charge >= 0.3 is 0 Å². The fourth-order valence-electron chi connectivity index (χ4n) is 15.8. The van der Waals surface area contributed by atoms with Crippen molar-refractivity contribution in [2.75, 3.05) is 14.1 Å². The van der Waals surface area contributed by atoms with Gasteiger partial charge in [0.15, 0.2) is 16.9 Å². The van der Waals surface area contributed by atoms with Crippen LogP contribution < -0.4 is 43.5 Å². The van der Waals surface area contributed by atoms with Crippen LogP contribution in [0.5, 0.6) is 0 Å². The highest BCUT2D eigenvalue weighted by Crippen LogP contribution is 2.36. The van der Waals surface area contributed by atoms with Crippen molar-refractivity contribution >= 4 is 146 Å². The van der Waals surface area contributed by atoms with Crippen LogP contribution in [0, 0.1) is 40.4 Å². The molecular formula is C99H87BrCl3FN18O10. The van der Waals surface area contributed by atoms with Crippen molar-refractivity contribution in [2.45, 2.75) is 100 Å². The second-order valence-electron chi connectivity index (χ2n) is 31.1. The van der Waals surface area contributed by atoms with Crippen LogP contribution >= 0.6 is 50.7 Å². The van der Waals surface area contributed by atoms with E-state index < -0.39 is 41.1 Å². The smallest absolute Gasteiger partial charge is 0.272 e. The molecule has 0 bridgehead atoms. The number of aromatic nitrogens is 13. The van der Waals surface area contributed by atoms with Gasteiger partial charge in [0.2, 0.25) is 5.91 Å². The molecule has 0 aliphatic carbocycles. The van der Waals surface area contributed by atoms with Crippen molar-refractivity contribution in [3.05, 3.63) is 384 Å². The average molecular weight is 1890 g/mol. The zero-order valence-electron chi connectivity index (χ0n) is 72.3. The van der Waals surface area contributed by atoms with Gasteiger partial charge in [0.25, 0.3) is 45.9 Å². The summed E-state index contributed by atoms with van der Waals surface area (Å²) in [5.41, 5.74) is 8.43.